The molecule has 0 radical (unpaired) electrons. The molecule has 6 nitrogen and oxygen atoms in total. The largest absolute Gasteiger partial charge is 0.333 e. The maximum absolute atomic E-state index is 12.2. The molecule has 0 aliphatic rings. The van der Waals surface area contributed by atoms with Crippen LogP contribution in [0.3, 0.4) is 0 Å². The van der Waals surface area contributed by atoms with Crippen LogP contribution in [0.4, 0.5) is 5.13 Å². The molecule has 7 heteroatoms. The van der Waals surface area contributed by atoms with Crippen molar-refractivity contribution in [3.63, 3.8) is 0 Å². The lowest BCUT2D eigenvalue weighted by molar-refractivity contribution is -0.123. The number of benzene rings is 1. The molecule has 2 heterocycles. The van der Waals surface area contributed by atoms with Gasteiger partial charge in [0.1, 0.15) is 4.88 Å². The zero-order chi connectivity index (χ0) is 17.3. The topological polar surface area (TPSA) is 80.9 Å². The number of carbonyl (C=O) groups excluding carboxylic acids is 1. The first-order chi connectivity index (χ1) is 11.3. The number of anilines is 1. The molecule has 3 rings (SSSR count). The van der Waals surface area contributed by atoms with Gasteiger partial charge >= 0.3 is 0 Å². The zero-order valence-electron chi connectivity index (χ0n) is 14.0. The first-order valence-corrected chi connectivity index (χ1v) is 8.34. The average molecular weight is 342 g/mol. The molecule has 124 valence electrons. The minimum Gasteiger partial charge on any atom is -0.333 e. The number of hydrogen-bond acceptors (Lipinski definition) is 6. The highest BCUT2D eigenvalue weighted by Gasteiger charge is 2.25. The molecule has 3 aromatic rings. The summed E-state index contributed by atoms with van der Waals surface area (Å²) in [6, 6.07) is 9.72. The maximum Gasteiger partial charge on any atom is 0.270 e. The lowest BCUT2D eigenvalue weighted by Crippen LogP contribution is -2.27. The number of carbonyl (C=O) groups is 1. The van der Waals surface area contributed by atoms with Crippen LogP contribution in [0.1, 0.15) is 26.6 Å². The van der Waals surface area contributed by atoms with Gasteiger partial charge in [0, 0.05) is 11.0 Å². The zero-order valence-corrected chi connectivity index (χ0v) is 14.8. The molecule has 24 heavy (non-hydrogen) atoms. The maximum atomic E-state index is 12.2. The fourth-order valence-corrected chi connectivity index (χ4v) is 2.89. The van der Waals surface area contributed by atoms with E-state index in [4.69, 9.17) is 4.52 Å². The van der Waals surface area contributed by atoms with Crippen LogP contribution < -0.4 is 5.32 Å². The van der Waals surface area contributed by atoms with E-state index < -0.39 is 5.41 Å². The fourth-order valence-electron chi connectivity index (χ4n) is 1.98. The smallest absolute Gasteiger partial charge is 0.270 e. The summed E-state index contributed by atoms with van der Waals surface area (Å²) < 4.78 is 5.29. The molecule has 0 spiro atoms. The summed E-state index contributed by atoms with van der Waals surface area (Å²) in [5, 5.41) is 7.22. The van der Waals surface area contributed by atoms with Crippen LogP contribution in [0.5, 0.6) is 0 Å². The average Bonchev–Trinajstić information content (AvgIpc) is 3.13. The minimum absolute atomic E-state index is 0.0934. The van der Waals surface area contributed by atoms with Crippen molar-refractivity contribution in [1.82, 2.24) is 15.1 Å². The molecular formula is C17H18N4O2S. The predicted octanol–water partition coefficient (Wildman–Crippen LogP) is 4.15. The Hall–Kier alpha value is -2.54. The van der Waals surface area contributed by atoms with Crippen LogP contribution in [0.2, 0.25) is 0 Å². The number of nitrogens with one attached hydrogen (secondary N) is 1. The van der Waals surface area contributed by atoms with E-state index >= 15 is 0 Å². The molecule has 1 amide bonds. The fraction of sp³-hybridized carbons (Fsp3) is 0.294. The number of aromatic nitrogens is 3. The quantitative estimate of drug-likeness (QED) is 0.773. The highest BCUT2D eigenvalue weighted by molar-refractivity contribution is 7.19. The van der Waals surface area contributed by atoms with Crippen molar-refractivity contribution in [2.45, 2.75) is 27.7 Å². The molecule has 0 aliphatic heterocycles. The van der Waals surface area contributed by atoms with Crippen LogP contribution in [-0.4, -0.2) is 21.0 Å². The molecule has 0 saturated carbocycles. The molecular weight excluding hydrogens is 324 g/mol. The number of thiazole rings is 1. The van der Waals surface area contributed by atoms with Gasteiger partial charge in [-0.25, -0.2) is 4.98 Å². The van der Waals surface area contributed by atoms with Gasteiger partial charge in [-0.2, -0.15) is 4.98 Å². The van der Waals surface area contributed by atoms with E-state index in [1.54, 1.807) is 6.92 Å². The van der Waals surface area contributed by atoms with E-state index in [1.807, 2.05) is 51.1 Å². The first-order valence-electron chi connectivity index (χ1n) is 7.53. The van der Waals surface area contributed by atoms with E-state index in [1.165, 1.54) is 11.3 Å². The Labute approximate surface area is 143 Å². The van der Waals surface area contributed by atoms with Crippen LogP contribution in [0.15, 0.2) is 34.9 Å². The molecule has 0 aliphatic carbocycles. The number of amides is 1. The van der Waals surface area contributed by atoms with Crippen molar-refractivity contribution in [2.75, 3.05) is 5.32 Å². The molecule has 0 fully saturated rings. The lowest BCUT2D eigenvalue weighted by atomic mass is 9.96. The van der Waals surface area contributed by atoms with E-state index in [0.29, 0.717) is 22.5 Å². The SMILES string of the molecule is Cc1noc(-c2sc(NC(=O)C(C)(C)C)nc2-c2ccccc2)n1. The molecule has 1 N–H and O–H groups in total. The molecule has 0 bridgehead atoms. The van der Waals surface area contributed by atoms with Crippen LogP contribution >= 0.6 is 11.3 Å². The van der Waals surface area contributed by atoms with Gasteiger partial charge in [-0.05, 0) is 6.92 Å². The Morgan fingerprint density at radius 3 is 2.46 bits per heavy atom. The van der Waals surface area contributed by atoms with Crippen LogP contribution in [0, 0.1) is 12.3 Å². The second kappa shape index (κ2) is 6.16. The summed E-state index contributed by atoms with van der Waals surface area (Å²) >= 11 is 1.33. The summed E-state index contributed by atoms with van der Waals surface area (Å²) in [5.41, 5.74) is 1.14. The van der Waals surface area contributed by atoms with E-state index in [-0.39, 0.29) is 5.91 Å². The number of rotatable bonds is 3. The Balaban J connectivity index is 2.05. The second-order valence-corrected chi connectivity index (χ2v) is 7.41. The third-order valence-electron chi connectivity index (χ3n) is 3.30. The van der Waals surface area contributed by atoms with Gasteiger partial charge < -0.3 is 9.84 Å². The van der Waals surface area contributed by atoms with Crippen LogP contribution in [0.25, 0.3) is 22.0 Å². The molecule has 2 aromatic heterocycles. The van der Waals surface area contributed by atoms with Crippen molar-refractivity contribution in [3.8, 4) is 22.0 Å². The van der Waals surface area contributed by atoms with Gasteiger partial charge in [0.05, 0.1) is 5.69 Å². The van der Waals surface area contributed by atoms with Gasteiger partial charge in [-0.3, -0.25) is 4.79 Å². The Morgan fingerprint density at radius 2 is 1.88 bits per heavy atom. The van der Waals surface area contributed by atoms with Crippen molar-refractivity contribution in [2.24, 2.45) is 5.41 Å². The molecule has 0 unspecified atom stereocenters. The first kappa shape index (κ1) is 16.3. The molecule has 0 atom stereocenters. The van der Waals surface area contributed by atoms with E-state index in [2.05, 4.69) is 20.4 Å². The summed E-state index contributed by atoms with van der Waals surface area (Å²) in [6.45, 7) is 7.33. The normalized spacial score (nSPS) is 11.5. The number of nitrogens with zero attached hydrogens (tertiary/aromatic N) is 3. The monoisotopic (exact) mass is 342 g/mol. The summed E-state index contributed by atoms with van der Waals surface area (Å²) in [6.07, 6.45) is 0. The third-order valence-corrected chi connectivity index (χ3v) is 4.26. The van der Waals surface area contributed by atoms with Crippen molar-refractivity contribution in [3.05, 3.63) is 36.2 Å². The Kier molecular flexibility index (Phi) is 4.19. The third kappa shape index (κ3) is 3.35. The second-order valence-electron chi connectivity index (χ2n) is 6.41. The van der Waals surface area contributed by atoms with E-state index in [9.17, 15) is 4.79 Å². The van der Waals surface area contributed by atoms with Gasteiger partial charge in [-0.15, -0.1) is 0 Å². The van der Waals surface area contributed by atoms with Crippen molar-refractivity contribution >= 4 is 22.4 Å². The predicted molar refractivity (Wildman–Crippen MR) is 93.7 cm³/mol. The highest BCUT2D eigenvalue weighted by Crippen LogP contribution is 2.38. The van der Waals surface area contributed by atoms with Crippen molar-refractivity contribution in [1.29, 1.82) is 0 Å². The minimum atomic E-state index is -0.500. The molecule has 1 aromatic carbocycles. The number of hydrogen-bond donors (Lipinski definition) is 1. The van der Waals surface area contributed by atoms with Crippen molar-refractivity contribution < 1.29 is 9.32 Å². The van der Waals surface area contributed by atoms with Gasteiger partial charge in [0.25, 0.3) is 5.89 Å². The Morgan fingerprint density at radius 1 is 1.17 bits per heavy atom. The summed E-state index contributed by atoms with van der Waals surface area (Å²) in [7, 11) is 0. The van der Waals surface area contributed by atoms with Gasteiger partial charge in [0.15, 0.2) is 11.0 Å². The molecule has 0 saturated heterocycles. The Bertz CT molecular complexity index is 862. The summed E-state index contributed by atoms with van der Waals surface area (Å²) in [5.74, 6) is 0.863. The van der Waals surface area contributed by atoms with Crippen LogP contribution in [-0.2, 0) is 4.79 Å². The highest BCUT2D eigenvalue weighted by atomic mass is 32.1. The standard InChI is InChI=1S/C17H18N4O2S/c1-10-18-14(23-21-10)13-12(11-8-6-5-7-9-11)19-16(24-13)20-15(22)17(2,3)4/h5-9H,1-4H3,(H,19,20,22). The van der Waals surface area contributed by atoms with Gasteiger partial charge in [0.2, 0.25) is 5.91 Å². The van der Waals surface area contributed by atoms with Gasteiger partial charge in [-0.1, -0.05) is 67.6 Å². The summed E-state index contributed by atoms with van der Waals surface area (Å²) in [4.78, 5) is 21.8. The lowest BCUT2D eigenvalue weighted by Gasteiger charge is -2.15. The van der Waals surface area contributed by atoms with E-state index in [0.717, 1.165) is 10.4 Å². The number of aryl methyl sites for hydroxylation is 1.